The zero-order valence-corrected chi connectivity index (χ0v) is 12.0. The second-order valence-corrected chi connectivity index (χ2v) is 4.46. The Hall–Kier alpha value is -2.62. The number of carbonyl (C=O) groups is 2. The molecule has 0 heterocycles. The van der Waals surface area contributed by atoms with Gasteiger partial charge in [0.2, 0.25) is 0 Å². The highest BCUT2D eigenvalue weighted by molar-refractivity contribution is 6.14. The fraction of sp³-hybridized carbons (Fsp3) is 0.176. The maximum absolute atomic E-state index is 12.3. The highest BCUT2D eigenvalue weighted by Crippen LogP contribution is 2.26. The van der Waals surface area contributed by atoms with Gasteiger partial charge < -0.3 is 9.47 Å². The minimum Gasteiger partial charge on any atom is -0.497 e. The van der Waals surface area contributed by atoms with E-state index in [1.807, 2.05) is 6.07 Å². The third kappa shape index (κ3) is 3.48. The lowest BCUT2D eigenvalue weighted by molar-refractivity contribution is 0.0893. The van der Waals surface area contributed by atoms with E-state index in [4.69, 9.17) is 9.47 Å². The van der Waals surface area contributed by atoms with Crippen molar-refractivity contribution in [3.05, 3.63) is 59.7 Å². The maximum atomic E-state index is 12.3. The summed E-state index contributed by atoms with van der Waals surface area (Å²) in [7, 11) is 3.01. The highest BCUT2D eigenvalue weighted by atomic mass is 16.5. The van der Waals surface area contributed by atoms with Gasteiger partial charge in [-0.3, -0.25) is 9.59 Å². The number of methoxy groups -OCH3 is 2. The Morgan fingerprint density at radius 2 is 1.62 bits per heavy atom. The topological polar surface area (TPSA) is 52.6 Å². The molecule has 2 rings (SSSR count). The molecule has 4 heteroatoms. The van der Waals surface area contributed by atoms with Crippen LogP contribution >= 0.6 is 0 Å². The predicted octanol–water partition coefficient (Wildman–Crippen LogP) is 3.16. The first-order valence-corrected chi connectivity index (χ1v) is 6.49. The van der Waals surface area contributed by atoms with Gasteiger partial charge in [-0.05, 0) is 12.1 Å². The van der Waals surface area contributed by atoms with E-state index in [2.05, 4.69) is 0 Å². The minimum atomic E-state index is -0.275. The number of hydrogen-bond donors (Lipinski definition) is 0. The molecule has 0 radical (unpaired) electrons. The summed E-state index contributed by atoms with van der Waals surface area (Å²) >= 11 is 0. The molecule has 0 atom stereocenters. The maximum Gasteiger partial charge on any atom is 0.174 e. The molecule has 0 amide bonds. The molecule has 2 aromatic rings. The standard InChI is InChI=1S/C17H16O4/c1-20-13-8-9-14(17(10-13)21-2)16(19)11-15(18)12-6-4-3-5-7-12/h3-10H,11H2,1-2H3. The fourth-order valence-corrected chi connectivity index (χ4v) is 2.00. The van der Waals surface area contributed by atoms with Gasteiger partial charge in [-0.15, -0.1) is 0 Å². The molecule has 0 fully saturated rings. The lowest BCUT2D eigenvalue weighted by Crippen LogP contribution is -2.10. The van der Waals surface area contributed by atoms with Crippen LogP contribution in [0.4, 0.5) is 0 Å². The lowest BCUT2D eigenvalue weighted by atomic mass is 10.0. The summed E-state index contributed by atoms with van der Waals surface area (Å²) in [6, 6.07) is 13.7. The number of rotatable bonds is 6. The second-order valence-electron chi connectivity index (χ2n) is 4.46. The molecular formula is C17H16O4. The molecule has 0 unspecified atom stereocenters. The van der Waals surface area contributed by atoms with E-state index in [0.717, 1.165) is 0 Å². The van der Waals surface area contributed by atoms with Crippen molar-refractivity contribution in [1.82, 2.24) is 0 Å². The summed E-state index contributed by atoms with van der Waals surface area (Å²) in [6.45, 7) is 0. The quantitative estimate of drug-likeness (QED) is 0.604. The van der Waals surface area contributed by atoms with Crippen LogP contribution in [0.3, 0.4) is 0 Å². The Labute approximate surface area is 123 Å². The van der Waals surface area contributed by atoms with Gasteiger partial charge in [0.15, 0.2) is 11.6 Å². The van der Waals surface area contributed by atoms with Gasteiger partial charge in [-0.1, -0.05) is 30.3 Å². The molecule has 2 aromatic carbocycles. The molecule has 4 nitrogen and oxygen atoms in total. The van der Waals surface area contributed by atoms with Crippen molar-refractivity contribution in [3.8, 4) is 11.5 Å². The monoisotopic (exact) mass is 284 g/mol. The van der Waals surface area contributed by atoms with Crippen LogP contribution in [0.25, 0.3) is 0 Å². The third-order valence-corrected chi connectivity index (χ3v) is 3.13. The van der Waals surface area contributed by atoms with Crippen molar-refractivity contribution in [3.63, 3.8) is 0 Å². The molecule has 0 aliphatic rings. The Morgan fingerprint density at radius 1 is 0.905 bits per heavy atom. The zero-order chi connectivity index (χ0) is 15.2. The number of benzene rings is 2. The molecule has 0 N–H and O–H groups in total. The number of ketones is 2. The lowest BCUT2D eigenvalue weighted by Gasteiger charge is -2.09. The van der Waals surface area contributed by atoms with Crippen LogP contribution in [0.5, 0.6) is 11.5 Å². The molecule has 0 spiro atoms. The van der Waals surface area contributed by atoms with Crippen LogP contribution in [0.1, 0.15) is 27.1 Å². The predicted molar refractivity (Wildman–Crippen MR) is 79.3 cm³/mol. The Bertz CT molecular complexity index is 647. The number of Topliss-reactive ketones (excluding diaryl/α,β-unsaturated/α-hetero) is 2. The van der Waals surface area contributed by atoms with Gasteiger partial charge in [-0.2, -0.15) is 0 Å². The summed E-state index contributed by atoms with van der Waals surface area (Å²) in [4.78, 5) is 24.3. The molecule has 0 aliphatic carbocycles. The van der Waals surface area contributed by atoms with E-state index in [-0.39, 0.29) is 18.0 Å². The molecule has 0 saturated heterocycles. The summed E-state index contributed by atoms with van der Waals surface area (Å²) in [5, 5.41) is 0. The van der Waals surface area contributed by atoms with E-state index < -0.39 is 0 Å². The zero-order valence-electron chi connectivity index (χ0n) is 12.0. The largest absolute Gasteiger partial charge is 0.497 e. The van der Waals surface area contributed by atoms with Crippen molar-refractivity contribution in [2.45, 2.75) is 6.42 Å². The first-order chi connectivity index (χ1) is 10.2. The first-order valence-electron chi connectivity index (χ1n) is 6.49. The Kier molecular flexibility index (Phi) is 4.72. The van der Waals surface area contributed by atoms with Crippen LogP contribution in [-0.2, 0) is 0 Å². The smallest absolute Gasteiger partial charge is 0.174 e. The van der Waals surface area contributed by atoms with E-state index in [9.17, 15) is 9.59 Å². The van der Waals surface area contributed by atoms with E-state index >= 15 is 0 Å². The van der Waals surface area contributed by atoms with Crippen LogP contribution < -0.4 is 9.47 Å². The van der Waals surface area contributed by atoms with Crippen LogP contribution in [0, 0.1) is 0 Å². The molecule has 0 bridgehead atoms. The Morgan fingerprint density at radius 3 is 2.24 bits per heavy atom. The first kappa shape index (κ1) is 14.8. The molecular weight excluding hydrogens is 268 g/mol. The Balaban J connectivity index is 2.19. The summed E-state index contributed by atoms with van der Waals surface area (Å²) in [5.74, 6) is 0.514. The van der Waals surface area contributed by atoms with Crippen molar-refractivity contribution < 1.29 is 19.1 Å². The third-order valence-electron chi connectivity index (χ3n) is 3.13. The van der Waals surface area contributed by atoms with Gasteiger partial charge >= 0.3 is 0 Å². The van der Waals surface area contributed by atoms with Gasteiger partial charge in [0, 0.05) is 11.6 Å². The van der Waals surface area contributed by atoms with Crippen LogP contribution in [0.2, 0.25) is 0 Å². The van der Waals surface area contributed by atoms with Crippen molar-refractivity contribution in [2.24, 2.45) is 0 Å². The normalized spacial score (nSPS) is 10.0. The summed E-state index contributed by atoms with van der Waals surface area (Å²) in [6.07, 6.45) is -0.188. The highest BCUT2D eigenvalue weighted by Gasteiger charge is 2.17. The van der Waals surface area contributed by atoms with E-state index in [1.165, 1.54) is 14.2 Å². The molecule has 0 aliphatic heterocycles. The SMILES string of the molecule is COc1ccc(C(=O)CC(=O)c2ccccc2)c(OC)c1. The average Bonchev–Trinajstić information content (AvgIpc) is 2.54. The van der Waals surface area contributed by atoms with E-state index in [1.54, 1.807) is 42.5 Å². The average molecular weight is 284 g/mol. The van der Waals surface area contributed by atoms with Crippen LogP contribution in [-0.4, -0.2) is 25.8 Å². The number of hydrogen-bond acceptors (Lipinski definition) is 4. The van der Waals surface area contributed by atoms with Gasteiger partial charge in [0.25, 0.3) is 0 Å². The summed E-state index contributed by atoms with van der Waals surface area (Å²) < 4.78 is 10.3. The van der Waals surface area contributed by atoms with Crippen molar-refractivity contribution >= 4 is 11.6 Å². The van der Waals surface area contributed by atoms with Crippen LogP contribution in [0.15, 0.2) is 48.5 Å². The van der Waals surface area contributed by atoms with E-state index in [0.29, 0.717) is 22.6 Å². The second kappa shape index (κ2) is 6.70. The summed E-state index contributed by atoms with van der Waals surface area (Å²) in [5.41, 5.74) is 0.904. The molecule has 21 heavy (non-hydrogen) atoms. The van der Waals surface area contributed by atoms with Crippen molar-refractivity contribution in [1.29, 1.82) is 0 Å². The number of ether oxygens (including phenoxy) is 2. The van der Waals surface area contributed by atoms with Gasteiger partial charge in [0.05, 0.1) is 26.2 Å². The molecule has 0 saturated carbocycles. The number of carbonyl (C=O) groups excluding carboxylic acids is 2. The van der Waals surface area contributed by atoms with Crippen molar-refractivity contribution in [2.75, 3.05) is 14.2 Å². The fourth-order valence-electron chi connectivity index (χ4n) is 2.00. The van der Waals surface area contributed by atoms with Gasteiger partial charge in [-0.25, -0.2) is 0 Å². The molecule has 108 valence electrons. The minimum absolute atomic E-state index is 0.188. The molecule has 0 aromatic heterocycles. The van der Waals surface area contributed by atoms with Gasteiger partial charge in [0.1, 0.15) is 11.5 Å².